The average molecular weight is 382 g/mol. The molecule has 0 aromatic rings. The molecular weight excluding hydrogens is 356 g/mol. The number of aliphatic hydroxyl groups excluding tert-OH is 1. The van der Waals surface area contributed by atoms with Gasteiger partial charge in [0.15, 0.2) is 23.7 Å². The summed E-state index contributed by atoms with van der Waals surface area (Å²) in [5.41, 5.74) is -2.37. The van der Waals surface area contributed by atoms with Crippen LogP contribution in [0.3, 0.4) is 0 Å². The molecule has 3 aliphatic heterocycles. The monoisotopic (exact) mass is 382 g/mol. The van der Waals surface area contributed by atoms with Crippen LogP contribution in [-0.2, 0) is 9.53 Å². The van der Waals surface area contributed by atoms with Crippen molar-refractivity contribution in [2.75, 3.05) is 6.61 Å². The highest BCUT2D eigenvalue weighted by atomic mass is 16.6. The first-order valence-corrected chi connectivity index (χ1v) is 9.13. The predicted molar refractivity (Wildman–Crippen MR) is 92.6 cm³/mol. The van der Waals surface area contributed by atoms with E-state index in [9.17, 15) is 20.1 Å². The molecule has 4 aliphatic rings. The molecule has 8 N–H and O–H groups in total. The number of nitrogens with zero attached hydrogens (tertiary/aromatic N) is 1. The van der Waals surface area contributed by atoms with Gasteiger partial charge in [0.2, 0.25) is 5.79 Å². The third-order valence-corrected chi connectivity index (χ3v) is 6.59. The maximum absolute atomic E-state index is 12.6. The topological polar surface area (TPSA) is 174 Å². The molecule has 0 aromatic carbocycles. The molecule has 0 amide bonds. The van der Waals surface area contributed by atoms with Crippen molar-refractivity contribution < 1.29 is 24.9 Å². The van der Waals surface area contributed by atoms with Crippen molar-refractivity contribution in [1.29, 1.82) is 10.8 Å². The highest BCUT2D eigenvalue weighted by molar-refractivity contribution is 5.88. The second-order valence-electron chi connectivity index (χ2n) is 8.25. The van der Waals surface area contributed by atoms with Crippen molar-refractivity contribution in [1.82, 2.24) is 20.9 Å². The van der Waals surface area contributed by atoms with Crippen molar-refractivity contribution in [3.05, 3.63) is 0 Å². The van der Waals surface area contributed by atoms with Crippen LogP contribution in [0, 0.1) is 16.2 Å². The van der Waals surface area contributed by atoms with Crippen LogP contribution in [0.4, 0.5) is 0 Å². The molecule has 0 unspecified atom stereocenters. The van der Waals surface area contributed by atoms with Gasteiger partial charge in [0, 0.05) is 0 Å². The molecule has 5 atom stereocenters. The number of hydrogen-bond acceptors (Lipinski definition) is 7. The SMILES string of the molecule is C[C@H]1[C@H](OC(=O)C2(C)CCC2)C(O)(O)[C@]23NC(=N)N[C@H]2[C@H](CO)NC(=N)N13. The normalized spacial score (nSPS) is 40.9. The minimum Gasteiger partial charge on any atom is -0.454 e. The van der Waals surface area contributed by atoms with E-state index in [0.29, 0.717) is 12.8 Å². The van der Waals surface area contributed by atoms with Crippen molar-refractivity contribution in [2.24, 2.45) is 5.41 Å². The maximum atomic E-state index is 12.6. The number of nitrogens with one attached hydrogen (secondary N) is 5. The number of ether oxygens (including phenoxy) is 1. The molecule has 150 valence electrons. The molecule has 4 fully saturated rings. The minimum atomic E-state index is -2.61. The van der Waals surface area contributed by atoms with Gasteiger partial charge in [-0.25, -0.2) is 0 Å². The Morgan fingerprint density at radius 1 is 1.33 bits per heavy atom. The lowest BCUT2D eigenvalue weighted by molar-refractivity contribution is -0.267. The van der Waals surface area contributed by atoms with Gasteiger partial charge >= 0.3 is 5.97 Å². The summed E-state index contributed by atoms with van der Waals surface area (Å²) < 4.78 is 5.59. The Balaban J connectivity index is 1.74. The van der Waals surface area contributed by atoms with Crippen LogP contribution in [0.2, 0.25) is 0 Å². The third kappa shape index (κ3) is 2.10. The Hall–Kier alpha value is -2.11. The molecule has 0 bridgehead atoms. The number of guanidine groups is 2. The Morgan fingerprint density at radius 3 is 2.56 bits per heavy atom. The predicted octanol–water partition coefficient (Wildman–Crippen LogP) is -2.44. The first kappa shape index (κ1) is 18.3. The molecule has 4 rings (SSSR count). The lowest BCUT2D eigenvalue weighted by Gasteiger charge is -2.51. The standard InChI is InChI=1S/C16H26N6O5/c1-7-10(27-11(24)14(2)4-3-5-14)16(25,26)15-9(20-12(17)21-15)8(6-23)19-13(18)22(7)15/h7-10,23,25-26H,3-6H2,1-2H3,(H2,18,19)(H3,17,20,21)/t7-,8-,9-,10-,15-/m0/s1. The number of carbonyl (C=O) groups excluding carboxylic acids is 1. The zero-order valence-corrected chi connectivity index (χ0v) is 15.2. The van der Waals surface area contributed by atoms with Crippen LogP contribution < -0.4 is 16.0 Å². The minimum absolute atomic E-state index is 0.150. The molecule has 1 spiro atoms. The summed E-state index contributed by atoms with van der Waals surface area (Å²) in [6.07, 6.45) is 0.943. The van der Waals surface area contributed by atoms with Crippen LogP contribution in [0.25, 0.3) is 0 Å². The fourth-order valence-corrected chi connectivity index (χ4v) is 4.88. The van der Waals surface area contributed by atoms with Crippen molar-refractivity contribution in [3.63, 3.8) is 0 Å². The number of aliphatic hydroxyl groups is 3. The van der Waals surface area contributed by atoms with Gasteiger partial charge in [-0.15, -0.1) is 0 Å². The van der Waals surface area contributed by atoms with Gasteiger partial charge in [0.05, 0.1) is 30.1 Å². The van der Waals surface area contributed by atoms with E-state index in [0.717, 1.165) is 6.42 Å². The summed E-state index contributed by atoms with van der Waals surface area (Å²) >= 11 is 0. The van der Waals surface area contributed by atoms with E-state index in [2.05, 4.69) is 16.0 Å². The second-order valence-corrected chi connectivity index (χ2v) is 8.25. The first-order chi connectivity index (χ1) is 12.6. The van der Waals surface area contributed by atoms with Gasteiger partial charge in [0.25, 0.3) is 0 Å². The summed E-state index contributed by atoms with van der Waals surface area (Å²) in [7, 11) is 0. The van der Waals surface area contributed by atoms with Crippen molar-refractivity contribution >= 4 is 17.9 Å². The summed E-state index contributed by atoms with van der Waals surface area (Å²) in [4.78, 5) is 14.0. The van der Waals surface area contributed by atoms with E-state index < -0.39 is 53.7 Å². The molecule has 27 heavy (non-hydrogen) atoms. The van der Waals surface area contributed by atoms with Crippen LogP contribution in [0.1, 0.15) is 33.1 Å². The van der Waals surface area contributed by atoms with E-state index in [-0.39, 0.29) is 11.9 Å². The number of carbonyl (C=O) groups is 1. The third-order valence-electron chi connectivity index (χ3n) is 6.59. The van der Waals surface area contributed by atoms with Crippen LogP contribution in [0.15, 0.2) is 0 Å². The molecular formula is C16H26N6O5. The summed E-state index contributed by atoms with van der Waals surface area (Å²) in [5, 5.41) is 56.6. The van der Waals surface area contributed by atoms with Crippen LogP contribution in [0.5, 0.6) is 0 Å². The fourth-order valence-electron chi connectivity index (χ4n) is 4.88. The maximum Gasteiger partial charge on any atom is 0.312 e. The fraction of sp³-hybridized carbons (Fsp3) is 0.812. The molecule has 1 saturated carbocycles. The van der Waals surface area contributed by atoms with Crippen molar-refractivity contribution in [2.45, 2.75) is 68.8 Å². The molecule has 1 aliphatic carbocycles. The van der Waals surface area contributed by atoms with Crippen LogP contribution >= 0.6 is 0 Å². The lowest BCUT2D eigenvalue weighted by Crippen LogP contribution is -2.81. The van der Waals surface area contributed by atoms with Gasteiger partial charge in [-0.2, -0.15) is 0 Å². The second kappa shape index (κ2) is 5.46. The van der Waals surface area contributed by atoms with Crippen LogP contribution in [-0.4, -0.2) is 80.4 Å². The Kier molecular flexibility index (Phi) is 3.69. The van der Waals surface area contributed by atoms with Gasteiger partial charge < -0.3 is 40.9 Å². The number of hydrogen-bond donors (Lipinski definition) is 8. The number of esters is 1. The Morgan fingerprint density at radius 2 is 2.00 bits per heavy atom. The molecule has 11 nitrogen and oxygen atoms in total. The Bertz CT molecular complexity index is 709. The van der Waals surface area contributed by atoms with E-state index in [1.54, 1.807) is 13.8 Å². The number of rotatable bonds is 3. The zero-order chi connectivity index (χ0) is 19.8. The lowest BCUT2D eigenvalue weighted by atomic mass is 9.70. The average Bonchev–Trinajstić information content (AvgIpc) is 3.00. The van der Waals surface area contributed by atoms with E-state index in [4.69, 9.17) is 15.6 Å². The molecule has 0 aromatic heterocycles. The molecule has 0 radical (unpaired) electrons. The van der Waals surface area contributed by atoms with E-state index in [1.807, 2.05) is 0 Å². The smallest absolute Gasteiger partial charge is 0.312 e. The molecule has 3 heterocycles. The summed E-state index contributed by atoms with van der Waals surface area (Å²) in [5.74, 6) is -3.42. The highest BCUT2D eigenvalue weighted by Gasteiger charge is 2.77. The van der Waals surface area contributed by atoms with Gasteiger partial charge in [-0.05, 0) is 26.7 Å². The van der Waals surface area contributed by atoms with E-state index >= 15 is 0 Å². The zero-order valence-electron chi connectivity index (χ0n) is 15.2. The first-order valence-electron chi connectivity index (χ1n) is 9.13. The van der Waals surface area contributed by atoms with Crippen molar-refractivity contribution in [3.8, 4) is 0 Å². The van der Waals surface area contributed by atoms with Gasteiger partial charge in [0.1, 0.15) is 0 Å². The largest absolute Gasteiger partial charge is 0.454 e. The Labute approximate surface area is 156 Å². The highest BCUT2D eigenvalue weighted by Crippen LogP contribution is 2.49. The quantitative estimate of drug-likeness (QED) is 0.195. The summed E-state index contributed by atoms with van der Waals surface area (Å²) in [6.45, 7) is 3.03. The molecule has 11 heteroatoms. The van der Waals surface area contributed by atoms with Gasteiger partial charge in [-0.3, -0.25) is 15.6 Å². The van der Waals surface area contributed by atoms with Gasteiger partial charge in [-0.1, -0.05) is 6.42 Å². The summed E-state index contributed by atoms with van der Waals surface area (Å²) in [6, 6.07) is -2.34. The van der Waals surface area contributed by atoms with E-state index in [1.165, 1.54) is 4.90 Å². The molecule has 3 saturated heterocycles.